The van der Waals surface area contributed by atoms with Crippen molar-refractivity contribution in [2.24, 2.45) is 0 Å². The van der Waals surface area contributed by atoms with Gasteiger partial charge in [-0.25, -0.2) is 15.2 Å². The molecule has 0 radical (unpaired) electrons. The molecule has 0 saturated carbocycles. The maximum absolute atomic E-state index is 12.3. The summed E-state index contributed by atoms with van der Waals surface area (Å²) in [6, 6.07) is 5.32. The van der Waals surface area contributed by atoms with Crippen molar-refractivity contribution in [3.63, 3.8) is 0 Å². The van der Waals surface area contributed by atoms with Crippen LogP contribution in [0.1, 0.15) is 26.3 Å². The Bertz CT molecular complexity index is 567. The average Bonchev–Trinajstić information content (AvgIpc) is 2.83. The summed E-state index contributed by atoms with van der Waals surface area (Å²) in [4.78, 5) is 12.3. The number of carbonyl (C=O) groups excluding carboxylic acids is 1. The topological polar surface area (TPSA) is 58.2 Å². The molecule has 3 N–H and O–H groups in total. The number of ether oxygens (including phenoxy) is 1. The molecule has 1 aromatic rings. The van der Waals surface area contributed by atoms with Crippen LogP contribution in [-0.4, -0.2) is 23.6 Å². The molecular formula is C14H18Cl2N3O2+. The summed E-state index contributed by atoms with van der Waals surface area (Å²) in [7, 11) is 0. The third-order valence-electron chi connectivity index (χ3n) is 3.06. The van der Waals surface area contributed by atoms with E-state index in [0.29, 0.717) is 33.6 Å². The molecule has 0 bridgehead atoms. The first-order chi connectivity index (χ1) is 9.97. The van der Waals surface area contributed by atoms with Crippen LogP contribution >= 0.6 is 23.2 Å². The lowest BCUT2D eigenvalue weighted by atomic mass is 10.1. The molecule has 0 spiro atoms. The average molecular weight is 331 g/mol. The van der Waals surface area contributed by atoms with E-state index >= 15 is 0 Å². The molecule has 1 aliphatic heterocycles. The standard InChI is InChI=1S/C14H17Cl2N3O2/c1-4-21-14(20)13-12(17-18-19(13)8(2)3)11-9(15)6-5-7-10(11)16/h5-8,17-18H,4H2,1-3H3/p+1. The number of esters is 1. The number of carbonyl (C=O) groups is 1. The highest BCUT2D eigenvalue weighted by atomic mass is 35.5. The molecule has 0 aliphatic carbocycles. The Labute approximate surface area is 133 Å². The van der Waals surface area contributed by atoms with Crippen LogP contribution in [0, 0.1) is 0 Å². The van der Waals surface area contributed by atoms with Gasteiger partial charge in [-0.2, -0.15) is 0 Å². The van der Waals surface area contributed by atoms with Crippen LogP contribution in [0.2, 0.25) is 10.0 Å². The molecule has 5 nitrogen and oxygen atoms in total. The van der Waals surface area contributed by atoms with Gasteiger partial charge in [-0.15, -0.1) is 0 Å². The number of nitrogens with one attached hydrogen (secondary N) is 1. The number of nitrogens with two attached hydrogens (primary N) is 1. The van der Waals surface area contributed by atoms with E-state index in [1.165, 1.54) is 0 Å². The minimum Gasteiger partial charge on any atom is -0.461 e. The van der Waals surface area contributed by atoms with Crippen molar-refractivity contribution in [2.45, 2.75) is 26.8 Å². The molecule has 1 heterocycles. The Morgan fingerprint density at radius 1 is 1.38 bits per heavy atom. The number of rotatable bonds is 4. The number of nitrogens with zero attached hydrogens (tertiary/aromatic N) is 1. The molecule has 0 atom stereocenters. The summed E-state index contributed by atoms with van der Waals surface area (Å²) < 4.78 is 5.15. The fraction of sp³-hybridized carbons (Fsp3) is 0.357. The number of hydrogen-bond donors (Lipinski definition) is 2. The van der Waals surface area contributed by atoms with Crippen molar-refractivity contribution < 1.29 is 15.0 Å². The van der Waals surface area contributed by atoms with Crippen molar-refractivity contribution in [3.8, 4) is 0 Å². The fourth-order valence-corrected chi connectivity index (χ4v) is 2.76. The van der Waals surface area contributed by atoms with Crippen LogP contribution < -0.4 is 11.0 Å². The van der Waals surface area contributed by atoms with E-state index in [9.17, 15) is 4.79 Å². The normalized spacial score (nSPS) is 15.0. The Balaban J connectivity index is 2.58. The molecule has 0 aromatic heterocycles. The number of benzene rings is 1. The van der Waals surface area contributed by atoms with E-state index in [2.05, 4.69) is 5.53 Å². The van der Waals surface area contributed by atoms with Gasteiger partial charge < -0.3 is 4.74 Å². The molecular weight excluding hydrogens is 313 g/mol. The summed E-state index contributed by atoms with van der Waals surface area (Å²) in [5.74, 6) is -0.404. The second-order valence-corrected chi connectivity index (χ2v) is 5.63. The zero-order valence-electron chi connectivity index (χ0n) is 12.1. The Morgan fingerprint density at radius 3 is 2.52 bits per heavy atom. The quantitative estimate of drug-likeness (QED) is 0.654. The molecule has 7 heteroatoms. The number of halogens is 2. The third-order valence-corrected chi connectivity index (χ3v) is 3.69. The summed E-state index contributed by atoms with van der Waals surface area (Å²) in [5.41, 5.74) is 6.47. The van der Waals surface area contributed by atoms with Gasteiger partial charge in [0.1, 0.15) is 0 Å². The molecule has 2 rings (SSSR count). The SMILES string of the molecule is CCOC(=O)C1=C(c2c(Cl)cccc2Cl)[NH2+]NN1C(C)C. The summed E-state index contributed by atoms with van der Waals surface area (Å²) in [5, 5.41) is 2.72. The van der Waals surface area contributed by atoms with Crippen LogP contribution in [-0.2, 0) is 9.53 Å². The largest absolute Gasteiger partial charge is 0.461 e. The van der Waals surface area contributed by atoms with Crippen LogP contribution in [0.3, 0.4) is 0 Å². The zero-order chi connectivity index (χ0) is 15.6. The molecule has 1 aromatic carbocycles. The lowest BCUT2D eigenvalue weighted by molar-refractivity contribution is -0.641. The Kier molecular flexibility index (Phi) is 5.11. The Hall–Kier alpha value is -1.27. The summed E-state index contributed by atoms with van der Waals surface area (Å²) in [6.45, 7) is 6.01. The van der Waals surface area contributed by atoms with Gasteiger partial charge in [0.15, 0.2) is 5.70 Å². The van der Waals surface area contributed by atoms with Crippen LogP contribution in [0.25, 0.3) is 5.70 Å². The second kappa shape index (κ2) is 6.66. The Morgan fingerprint density at radius 2 is 2.00 bits per heavy atom. The lowest BCUT2D eigenvalue weighted by Gasteiger charge is -2.21. The molecule has 1 aliphatic rings. The van der Waals surface area contributed by atoms with Gasteiger partial charge in [0.2, 0.25) is 5.70 Å². The minimum atomic E-state index is -0.404. The van der Waals surface area contributed by atoms with Gasteiger partial charge in [-0.1, -0.05) is 34.8 Å². The molecule has 114 valence electrons. The highest BCUT2D eigenvalue weighted by molar-refractivity contribution is 6.37. The third kappa shape index (κ3) is 3.16. The van der Waals surface area contributed by atoms with Crippen LogP contribution in [0.4, 0.5) is 0 Å². The smallest absolute Gasteiger partial charge is 0.362 e. The van der Waals surface area contributed by atoms with E-state index in [-0.39, 0.29) is 6.04 Å². The van der Waals surface area contributed by atoms with Crippen molar-refractivity contribution in [1.29, 1.82) is 0 Å². The maximum Gasteiger partial charge on any atom is 0.362 e. The van der Waals surface area contributed by atoms with E-state index < -0.39 is 5.97 Å². The monoisotopic (exact) mass is 330 g/mol. The van der Waals surface area contributed by atoms with Gasteiger partial charge in [-0.05, 0) is 32.9 Å². The van der Waals surface area contributed by atoms with E-state index in [4.69, 9.17) is 27.9 Å². The number of quaternary nitrogens is 1. The highest BCUT2D eigenvalue weighted by Gasteiger charge is 2.37. The predicted molar refractivity (Wildman–Crippen MR) is 82.1 cm³/mol. The van der Waals surface area contributed by atoms with Gasteiger partial charge in [0.05, 0.1) is 22.2 Å². The van der Waals surface area contributed by atoms with Crippen molar-refractivity contribution in [2.75, 3.05) is 6.61 Å². The molecule has 0 saturated heterocycles. The highest BCUT2D eigenvalue weighted by Crippen LogP contribution is 2.31. The minimum absolute atomic E-state index is 0.0689. The van der Waals surface area contributed by atoms with Crippen LogP contribution in [0.5, 0.6) is 0 Å². The number of hydrazine groups is 1. The van der Waals surface area contributed by atoms with E-state index in [1.54, 1.807) is 35.6 Å². The predicted octanol–water partition coefficient (Wildman–Crippen LogP) is 1.93. The lowest BCUT2D eigenvalue weighted by Crippen LogP contribution is -2.90. The van der Waals surface area contributed by atoms with Gasteiger partial charge in [-0.3, -0.25) is 0 Å². The van der Waals surface area contributed by atoms with Gasteiger partial charge >= 0.3 is 5.97 Å². The molecule has 0 unspecified atom stereocenters. The maximum atomic E-state index is 12.3. The van der Waals surface area contributed by atoms with Gasteiger partial charge in [0.25, 0.3) is 0 Å². The second-order valence-electron chi connectivity index (χ2n) is 4.82. The van der Waals surface area contributed by atoms with Crippen molar-refractivity contribution in [3.05, 3.63) is 39.5 Å². The molecule has 21 heavy (non-hydrogen) atoms. The first-order valence-corrected chi connectivity index (χ1v) is 7.47. The van der Waals surface area contributed by atoms with Crippen molar-refractivity contribution >= 4 is 34.9 Å². The van der Waals surface area contributed by atoms with Crippen LogP contribution in [0.15, 0.2) is 23.9 Å². The van der Waals surface area contributed by atoms with Crippen molar-refractivity contribution in [1.82, 2.24) is 10.5 Å². The first kappa shape index (κ1) is 16.1. The molecule has 0 amide bonds. The first-order valence-electron chi connectivity index (χ1n) is 6.71. The van der Waals surface area contributed by atoms with E-state index in [1.807, 2.05) is 13.8 Å². The summed E-state index contributed by atoms with van der Waals surface area (Å²) >= 11 is 12.5. The zero-order valence-corrected chi connectivity index (χ0v) is 13.6. The fourth-order valence-electron chi connectivity index (χ4n) is 2.16. The summed E-state index contributed by atoms with van der Waals surface area (Å²) in [6.07, 6.45) is 0. The van der Waals surface area contributed by atoms with E-state index in [0.717, 1.165) is 0 Å². The van der Waals surface area contributed by atoms with Gasteiger partial charge in [0, 0.05) is 6.04 Å². The number of hydrogen-bond acceptors (Lipinski definition) is 4. The molecule has 0 fully saturated rings.